The van der Waals surface area contributed by atoms with Crippen LogP contribution in [0.1, 0.15) is 75.0 Å². The first-order valence-electron chi connectivity index (χ1n) is 14.7. The van der Waals surface area contributed by atoms with Crippen LogP contribution in [0.2, 0.25) is 5.02 Å². The molecule has 1 fully saturated rings. The number of nitrogens with zero attached hydrogens (tertiary/aromatic N) is 2. The number of amides is 3. The molecule has 3 aromatic carbocycles. The number of rotatable bonds is 8. The SMILES string of the molecule is CN(C)C(=O)c1ccc(CNC(=O)[C@@H]2c3ccccc3C(=O)N(C3CCCC[C@@H]3NS(C)(=O)=O)[C@H]2c2ccc(Cl)cc2)cc1. The van der Waals surface area contributed by atoms with Crippen molar-refractivity contribution in [3.63, 3.8) is 0 Å². The summed E-state index contributed by atoms with van der Waals surface area (Å²) in [6, 6.07) is 19.7. The molecule has 1 heterocycles. The van der Waals surface area contributed by atoms with Gasteiger partial charge in [0.15, 0.2) is 0 Å². The Hall–Kier alpha value is -3.73. The van der Waals surface area contributed by atoms with E-state index in [1.807, 2.05) is 36.4 Å². The molecule has 1 aliphatic carbocycles. The quantitative estimate of drug-likeness (QED) is 0.378. The Morgan fingerprint density at radius 2 is 1.61 bits per heavy atom. The number of carbonyl (C=O) groups is 3. The molecule has 1 saturated carbocycles. The minimum atomic E-state index is -3.55. The number of hydrogen-bond donors (Lipinski definition) is 2. The molecule has 0 radical (unpaired) electrons. The van der Waals surface area contributed by atoms with E-state index in [1.54, 1.807) is 55.4 Å². The average molecular weight is 637 g/mol. The normalized spacial score (nSPS) is 21.8. The first kappa shape index (κ1) is 31.7. The van der Waals surface area contributed by atoms with Crippen molar-refractivity contribution in [2.45, 2.75) is 56.3 Å². The van der Waals surface area contributed by atoms with E-state index in [-0.39, 0.29) is 24.3 Å². The third kappa shape index (κ3) is 6.82. The summed E-state index contributed by atoms with van der Waals surface area (Å²) in [5.41, 5.74) is 3.13. The maximum atomic E-state index is 14.3. The van der Waals surface area contributed by atoms with Gasteiger partial charge in [-0.3, -0.25) is 14.4 Å². The molecule has 44 heavy (non-hydrogen) atoms. The van der Waals surface area contributed by atoms with Crippen LogP contribution in [0.5, 0.6) is 0 Å². The van der Waals surface area contributed by atoms with Crippen LogP contribution in [-0.2, 0) is 21.4 Å². The largest absolute Gasteiger partial charge is 0.351 e. The predicted octanol–water partition coefficient (Wildman–Crippen LogP) is 4.50. The van der Waals surface area contributed by atoms with Crippen molar-refractivity contribution < 1.29 is 22.8 Å². The Morgan fingerprint density at radius 1 is 0.955 bits per heavy atom. The number of carbonyl (C=O) groups excluding carboxylic acids is 3. The van der Waals surface area contributed by atoms with Crippen LogP contribution < -0.4 is 10.0 Å². The fourth-order valence-electron chi connectivity index (χ4n) is 6.39. The fourth-order valence-corrected chi connectivity index (χ4v) is 7.34. The van der Waals surface area contributed by atoms with Crippen LogP contribution in [0.3, 0.4) is 0 Å². The minimum Gasteiger partial charge on any atom is -0.351 e. The van der Waals surface area contributed by atoms with Crippen molar-refractivity contribution in [2.75, 3.05) is 20.4 Å². The lowest BCUT2D eigenvalue weighted by molar-refractivity contribution is -0.124. The zero-order valence-corrected chi connectivity index (χ0v) is 26.6. The lowest BCUT2D eigenvalue weighted by Gasteiger charge is -2.49. The smallest absolute Gasteiger partial charge is 0.255 e. The van der Waals surface area contributed by atoms with E-state index in [0.29, 0.717) is 34.6 Å². The monoisotopic (exact) mass is 636 g/mol. The van der Waals surface area contributed by atoms with Crippen LogP contribution in [0.15, 0.2) is 72.8 Å². The lowest BCUT2D eigenvalue weighted by atomic mass is 9.76. The van der Waals surface area contributed by atoms with Gasteiger partial charge in [0.05, 0.1) is 18.2 Å². The van der Waals surface area contributed by atoms with Crippen LogP contribution in [-0.4, -0.2) is 68.4 Å². The average Bonchev–Trinajstić information content (AvgIpc) is 3.00. The number of nitrogens with one attached hydrogen (secondary N) is 2. The predicted molar refractivity (Wildman–Crippen MR) is 170 cm³/mol. The van der Waals surface area contributed by atoms with Gasteiger partial charge in [-0.25, -0.2) is 13.1 Å². The zero-order valence-electron chi connectivity index (χ0n) is 25.0. The number of sulfonamides is 1. The summed E-state index contributed by atoms with van der Waals surface area (Å²) in [4.78, 5) is 44.1. The zero-order chi connectivity index (χ0) is 31.6. The maximum absolute atomic E-state index is 14.3. The molecule has 4 atom stereocenters. The Bertz CT molecular complexity index is 1640. The number of benzene rings is 3. The van der Waals surface area contributed by atoms with Gasteiger partial charge < -0.3 is 15.1 Å². The molecule has 11 heteroatoms. The van der Waals surface area contributed by atoms with Gasteiger partial charge in [0.2, 0.25) is 15.9 Å². The van der Waals surface area contributed by atoms with Crippen molar-refractivity contribution >= 4 is 39.3 Å². The second kappa shape index (κ2) is 13.1. The van der Waals surface area contributed by atoms with Gasteiger partial charge in [0, 0.05) is 48.9 Å². The molecule has 1 aliphatic heterocycles. The highest BCUT2D eigenvalue weighted by atomic mass is 35.5. The maximum Gasteiger partial charge on any atom is 0.255 e. The third-order valence-corrected chi connectivity index (χ3v) is 9.38. The second-order valence-corrected chi connectivity index (χ2v) is 14.0. The Labute approximate surface area is 263 Å². The van der Waals surface area contributed by atoms with Gasteiger partial charge in [-0.15, -0.1) is 0 Å². The molecule has 9 nitrogen and oxygen atoms in total. The summed E-state index contributed by atoms with van der Waals surface area (Å²) in [6.45, 7) is 0.219. The van der Waals surface area contributed by atoms with Crippen molar-refractivity contribution in [1.29, 1.82) is 0 Å². The molecule has 3 amide bonds. The van der Waals surface area contributed by atoms with Gasteiger partial charge in [-0.05, 0) is 59.9 Å². The van der Waals surface area contributed by atoms with E-state index in [1.165, 1.54) is 4.90 Å². The second-order valence-electron chi connectivity index (χ2n) is 11.7. The van der Waals surface area contributed by atoms with Crippen molar-refractivity contribution in [2.24, 2.45) is 0 Å². The van der Waals surface area contributed by atoms with E-state index >= 15 is 0 Å². The standard InChI is InChI=1S/C33H37ClN4O5S/c1-37(2)32(40)23-14-12-21(13-15-23)20-35-31(39)29-25-8-4-5-9-26(25)33(41)38(30(29)22-16-18-24(34)19-17-22)28-11-7-6-10-27(28)36-44(3,42)43/h4-5,8-9,12-19,27-30,36H,6-7,10-11,20H2,1-3H3,(H,35,39)/t27-,28?,29+,30-/m0/s1. The van der Waals surface area contributed by atoms with Gasteiger partial charge in [0.25, 0.3) is 11.8 Å². The van der Waals surface area contributed by atoms with Crippen molar-refractivity contribution in [3.05, 3.63) is 106 Å². The lowest BCUT2D eigenvalue weighted by Crippen LogP contribution is -2.59. The topological polar surface area (TPSA) is 116 Å². The molecular formula is C33H37ClN4O5S. The van der Waals surface area contributed by atoms with E-state index in [9.17, 15) is 22.8 Å². The van der Waals surface area contributed by atoms with E-state index in [2.05, 4.69) is 10.0 Å². The molecule has 2 N–H and O–H groups in total. The first-order valence-corrected chi connectivity index (χ1v) is 16.9. The third-order valence-electron chi connectivity index (χ3n) is 8.40. The molecule has 0 spiro atoms. The Balaban J connectivity index is 1.54. The van der Waals surface area contributed by atoms with Gasteiger partial charge in [-0.1, -0.05) is 66.9 Å². The summed E-state index contributed by atoms with van der Waals surface area (Å²) in [5, 5.41) is 3.59. The highest BCUT2D eigenvalue weighted by molar-refractivity contribution is 7.88. The summed E-state index contributed by atoms with van der Waals surface area (Å²) in [6.07, 6.45) is 3.96. The van der Waals surface area contributed by atoms with Crippen LogP contribution in [0.25, 0.3) is 0 Å². The van der Waals surface area contributed by atoms with Crippen molar-refractivity contribution in [3.8, 4) is 0 Å². The highest BCUT2D eigenvalue weighted by Gasteiger charge is 2.48. The van der Waals surface area contributed by atoms with Gasteiger partial charge in [0.1, 0.15) is 0 Å². The molecule has 3 aromatic rings. The van der Waals surface area contributed by atoms with E-state index in [4.69, 9.17) is 11.6 Å². The fraction of sp³-hybridized carbons (Fsp3) is 0.364. The molecule has 0 bridgehead atoms. The molecule has 1 unspecified atom stereocenters. The number of hydrogen-bond acceptors (Lipinski definition) is 5. The van der Waals surface area contributed by atoms with Gasteiger partial charge in [-0.2, -0.15) is 0 Å². The van der Waals surface area contributed by atoms with E-state index in [0.717, 1.165) is 30.2 Å². The molecule has 232 valence electrons. The minimum absolute atomic E-state index is 0.110. The number of fused-ring (bicyclic) bond motifs is 1. The molecular weight excluding hydrogens is 600 g/mol. The number of halogens is 1. The molecule has 0 aromatic heterocycles. The highest BCUT2D eigenvalue weighted by Crippen LogP contribution is 2.46. The summed E-state index contributed by atoms with van der Waals surface area (Å²) >= 11 is 6.25. The van der Waals surface area contributed by atoms with Crippen molar-refractivity contribution in [1.82, 2.24) is 19.8 Å². The van der Waals surface area contributed by atoms with Gasteiger partial charge >= 0.3 is 0 Å². The Morgan fingerprint density at radius 3 is 2.27 bits per heavy atom. The van der Waals surface area contributed by atoms with Crippen LogP contribution in [0, 0.1) is 0 Å². The first-order chi connectivity index (χ1) is 20.9. The van der Waals surface area contributed by atoms with E-state index < -0.39 is 34.1 Å². The Kier molecular flexibility index (Phi) is 9.43. The van der Waals surface area contributed by atoms with Crippen LogP contribution >= 0.6 is 11.6 Å². The molecule has 0 saturated heterocycles. The molecule has 5 rings (SSSR count). The van der Waals surface area contributed by atoms with Crippen LogP contribution in [0.4, 0.5) is 0 Å². The summed E-state index contributed by atoms with van der Waals surface area (Å²) in [7, 11) is -0.170. The molecule has 2 aliphatic rings. The summed E-state index contributed by atoms with van der Waals surface area (Å²) in [5.74, 6) is -1.40. The summed E-state index contributed by atoms with van der Waals surface area (Å²) < 4.78 is 27.5.